The largest absolute Gasteiger partial charge is 0.322 e. The maximum Gasteiger partial charge on any atom is 0.279 e. The lowest BCUT2D eigenvalue weighted by atomic mass is 10.2. The zero-order chi connectivity index (χ0) is 19.3. The molecule has 0 radical (unpaired) electrons. The van der Waals surface area contributed by atoms with Gasteiger partial charge in [0.25, 0.3) is 11.8 Å². The molecule has 0 aliphatic rings. The van der Waals surface area contributed by atoms with Crippen LogP contribution in [0.5, 0.6) is 0 Å². The number of anilines is 2. The number of halogens is 3. The normalized spacial score (nSPS) is 11.7. The maximum atomic E-state index is 13.8. The fourth-order valence-electron chi connectivity index (χ4n) is 2.33. The molecule has 2 aromatic rings. The number of benzene rings is 2. The number of hydrogen-bond donors (Lipinski definition) is 3. The molecule has 0 aliphatic heterocycles. The van der Waals surface area contributed by atoms with Gasteiger partial charge in [0, 0.05) is 0 Å². The minimum atomic E-state index is -0.498. The molecule has 2 amide bonds. The zero-order valence-electron chi connectivity index (χ0n) is 14.3. The Kier molecular flexibility index (Phi) is 6.97. The first kappa shape index (κ1) is 20.2. The van der Waals surface area contributed by atoms with E-state index in [0.717, 1.165) is 5.56 Å². The summed E-state index contributed by atoms with van der Waals surface area (Å²) in [4.78, 5) is 24.8. The third-order valence-corrected chi connectivity index (χ3v) is 4.18. The van der Waals surface area contributed by atoms with Gasteiger partial charge in [-0.1, -0.05) is 35.3 Å². The first-order chi connectivity index (χ1) is 12.3. The molecule has 26 heavy (non-hydrogen) atoms. The summed E-state index contributed by atoms with van der Waals surface area (Å²) in [5, 5.41) is 5.79. The SMILES string of the molecule is Cc1ccc(NC(=O)C[NH+](C)CC(=O)Nc2c(Cl)cccc2Cl)c(F)c1. The molecule has 2 rings (SSSR count). The van der Waals surface area contributed by atoms with E-state index in [1.807, 2.05) is 0 Å². The van der Waals surface area contributed by atoms with Crippen LogP contribution in [0.3, 0.4) is 0 Å². The Bertz CT molecular complexity index is 810. The summed E-state index contributed by atoms with van der Waals surface area (Å²) in [5.41, 5.74) is 1.21. The molecule has 0 saturated heterocycles. The number of amides is 2. The van der Waals surface area contributed by atoms with Crippen molar-refractivity contribution in [3.63, 3.8) is 0 Å². The molecule has 0 saturated carbocycles. The number of likely N-dealkylation sites (N-methyl/N-ethyl adjacent to an activating group) is 1. The molecule has 5 nitrogen and oxygen atoms in total. The first-order valence-corrected chi connectivity index (χ1v) is 8.63. The Morgan fingerprint density at radius 3 is 2.19 bits per heavy atom. The maximum absolute atomic E-state index is 13.8. The molecule has 0 heterocycles. The number of quaternary nitrogens is 1. The van der Waals surface area contributed by atoms with Gasteiger partial charge in [0.2, 0.25) is 0 Å². The number of hydrogen-bond acceptors (Lipinski definition) is 2. The fraction of sp³-hybridized carbons (Fsp3) is 0.222. The molecule has 1 atom stereocenters. The topological polar surface area (TPSA) is 62.6 Å². The number of carbonyl (C=O) groups excluding carboxylic acids is 2. The Labute approximate surface area is 161 Å². The summed E-state index contributed by atoms with van der Waals surface area (Å²) in [7, 11) is 1.68. The van der Waals surface area contributed by atoms with Gasteiger partial charge in [-0.05, 0) is 36.8 Å². The summed E-state index contributed by atoms with van der Waals surface area (Å²) in [6.07, 6.45) is 0. The third kappa shape index (κ3) is 5.69. The average Bonchev–Trinajstić information content (AvgIpc) is 2.53. The van der Waals surface area contributed by atoms with Crippen LogP contribution in [0.25, 0.3) is 0 Å². The van der Waals surface area contributed by atoms with Crippen molar-refractivity contribution >= 4 is 46.4 Å². The Morgan fingerprint density at radius 1 is 1.04 bits per heavy atom. The average molecular weight is 399 g/mol. The molecule has 0 spiro atoms. The number of nitrogens with one attached hydrogen (secondary N) is 3. The lowest BCUT2D eigenvalue weighted by Crippen LogP contribution is -3.11. The molecule has 0 bridgehead atoms. The number of rotatable bonds is 6. The van der Waals surface area contributed by atoms with Crippen molar-refractivity contribution < 1.29 is 18.9 Å². The van der Waals surface area contributed by atoms with Gasteiger partial charge in [0.15, 0.2) is 13.1 Å². The number of para-hydroxylation sites is 1. The van der Waals surface area contributed by atoms with E-state index < -0.39 is 11.7 Å². The van der Waals surface area contributed by atoms with Crippen LogP contribution >= 0.6 is 23.2 Å². The molecule has 2 aromatic carbocycles. The zero-order valence-corrected chi connectivity index (χ0v) is 15.8. The van der Waals surface area contributed by atoms with Gasteiger partial charge in [-0.25, -0.2) is 4.39 Å². The van der Waals surface area contributed by atoms with Crippen molar-refractivity contribution in [1.82, 2.24) is 0 Å². The number of carbonyl (C=O) groups is 2. The van der Waals surface area contributed by atoms with Crippen LogP contribution in [-0.4, -0.2) is 32.0 Å². The third-order valence-electron chi connectivity index (χ3n) is 3.55. The van der Waals surface area contributed by atoms with Gasteiger partial charge in [-0.15, -0.1) is 0 Å². The smallest absolute Gasteiger partial charge is 0.279 e. The van der Waals surface area contributed by atoms with E-state index in [9.17, 15) is 14.0 Å². The molecule has 0 aromatic heterocycles. The standard InChI is InChI=1S/C18H18Cl2FN3O2/c1-11-6-7-15(14(21)8-11)22-16(25)9-24(2)10-17(26)23-18-12(19)4-3-5-13(18)20/h3-8H,9-10H2,1-2H3,(H,22,25)(H,23,26)/p+1. The van der Waals surface area contributed by atoms with E-state index in [4.69, 9.17) is 23.2 Å². The van der Waals surface area contributed by atoms with Crippen LogP contribution in [0.1, 0.15) is 5.56 Å². The Morgan fingerprint density at radius 2 is 1.62 bits per heavy atom. The van der Waals surface area contributed by atoms with Crippen molar-refractivity contribution in [1.29, 1.82) is 0 Å². The second-order valence-electron chi connectivity index (χ2n) is 5.99. The van der Waals surface area contributed by atoms with Gasteiger partial charge in [-0.3, -0.25) is 9.59 Å². The molecule has 3 N–H and O–H groups in total. The van der Waals surface area contributed by atoms with Crippen LogP contribution in [-0.2, 0) is 9.59 Å². The van der Waals surface area contributed by atoms with E-state index >= 15 is 0 Å². The fourth-order valence-corrected chi connectivity index (χ4v) is 2.82. The highest BCUT2D eigenvalue weighted by Crippen LogP contribution is 2.29. The quantitative estimate of drug-likeness (QED) is 0.699. The van der Waals surface area contributed by atoms with Gasteiger partial charge in [0.1, 0.15) is 5.82 Å². The van der Waals surface area contributed by atoms with Gasteiger partial charge >= 0.3 is 0 Å². The second-order valence-corrected chi connectivity index (χ2v) is 6.80. The predicted molar refractivity (Wildman–Crippen MR) is 101 cm³/mol. The molecule has 0 aliphatic carbocycles. The Balaban J connectivity index is 1.88. The van der Waals surface area contributed by atoms with Crippen molar-refractivity contribution in [2.24, 2.45) is 0 Å². The Hall–Kier alpha value is -2.15. The summed E-state index contributed by atoms with van der Waals surface area (Å²) >= 11 is 12.0. The van der Waals surface area contributed by atoms with Crippen molar-refractivity contribution in [3.05, 3.63) is 57.8 Å². The van der Waals surface area contributed by atoms with Crippen LogP contribution < -0.4 is 15.5 Å². The lowest BCUT2D eigenvalue weighted by Gasteiger charge is -2.15. The summed E-state index contributed by atoms with van der Waals surface area (Å²) in [6.45, 7) is 1.78. The molecule has 8 heteroatoms. The molecule has 1 unspecified atom stereocenters. The highest BCUT2D eigenvalue weighted by Gasteiger charge is 2.17. The highest BCUT2D eigenvalue weighted by atomic mass is 35.5. The van der Waals surface area contributed by atoms with Crippen molar-refractivity contribution in [3.8, 4) is 0 Å². The van der Waals surface area contributed by atoms with Crippen LogP contribution in [0.4, 0.5) is 15.8 Å². The summed E-state index contributed by atoms with van der Waals surface area (Å²) in [6, 6.07) is 9.45. The minimum Gasteiger partial charge on any atom is -0.322 e. The first-order valence-electron chi connectivity index (χ1n) is 7.87. The minimum absolute atomic E-state index is 0.00299. The monoisotopic (exact) mass is 398 g/mol. The van der Waals surface area contributed by atoms with E-state index in [0.29, 0.717) is 20.6 Å². The second kappa shape index (κ2) is 8.98. The van der Waals surface area contributed by atoms with Crippen LogP contribution in [0.2, 0.25) is 10.0 Å². The summed E-state index contributed by atoms with van der Waals surface area (Å²) in [5.74, 6) is -1.23. The van der Waals surface area contributed by atoms with E-state index in [1.165, 1.54) is 12.1 Å². The predicted octanol–water partition coefficient (Wildman–Crippen LogP) is 2.53. The van der Waals surface area contributed by atoms with Gasteiger partial charge in [0.05, 0.1) is 28.5 Å². The lowest BCUT2D eigenvalue weighted by molar-refractivity contribution is -0.862. The summed E-state index contributed by atoms with van der Waals surface area (Å²) < 4.78 is 13.8. The number of aryl methyl sites for hydroxylation is 1. The molecular weight excluding hydrogens is 380 g/mol. The molecular formula is C18H19Cl2FN3O2+. The van der Waals surface area contributed by atoms with Crippen molar-refractivity contribution in [2.45, 2.75) is 6.92 Å². The van der Waals surface area contributed by atoms with E-state index in [1.54, 1.807) is 38.2 Å². The van der Waals surface area contributed by atoms with Crippen LogP contribution in [0.15, 0.2) is 36.4 Å². The molecule has 138 valence electrons. The highest BCUT2D eigenvalue weighted by molar-refractivity contribution is 6.39. The van der Waals surface area contributed by atoms with Crippen molar-refractivity contribution in [2.75, 3.05) is 30.8 Å². The van der Waals surface area contributed by atoms with E-state index in [-0.39, 0.29) is 24.7 Å². The van der Waals surface area contributed by atoms with Gasteiger partial charge in [-0.2, -0.15) is 0 Å². The van der Waals surface area contributed by atoms with Crippen LogP contribution in [0, 0.1) is 12.7 Å². The van der Waals surface area contributed by atoms with E-state index in [2.05, 4.69) is 10.6 Å². The molecule has 0 fully saturated rings. The van der Waals surface area contributed by atoms with Gasteiger partial charge < -0.3 is 15.5 Å².